The van der Waals surface area contributed by atoms with E-state index in [-0.39, 0.29) is 0 Å². The topological polar surface area (TPSA) is 120 Å². The fourth-order valence-corrected chi connectivity index (χ4v) is 5.52. The van der Waals surface area contributed by atoms with Gasteiger partial charge in [-0.3, -0.25) is 0 Å². The molecule has 0 saturated heterocycles. The highest BCUT2D eigenvalue weighted by molar-refractivity contribution is 4.82. The maximum Gasteiger partial charge on any atom is 0.107 e. The molecule has 0 radical (unpaired) electrons. The van der Waals surface area contributed by atoms with Crippen molar-refractivity contribution >= 4 is 0 Å². The van der Waals surface area contributed by atoms with E-state index in [1.54, 1.807) is 0 Å². The molecule has 0 aromatic rings. The van der Waals surface area contributed by atoms with E-state index in [4.69, 9.17) is 68.0 Å². The van der Waals surface area contributed by atoms with Crippen molar-refractivity contribution in [2.75, 3.05) is 172 Å². The lowest BCUT2D eigenvalue weighted by Crippen LogP contribution is -2.15. The maximum atomic E-state index is 5.70. The van der Waals surface area contributed by atoms with Gasteiger partial charge in [0.2, 0.25) is 0 Å². The van der Waals surface area contributed by atoms with Crippen LogP contribution < -0.4 is 0 Å². The molecule has 0 N–H and O–H groups in total. The van der Waals surface area contributed by atoms with Gasteiger partial charge in [0.15, 0.2) is 0 Å². The molecule has 0 aliphatic carbocycles. The average molecular weight is 837 g/mol. The Kier molecular flexibility index (Phi) is 55.1. The van der Waals surface area contributed by atoms with Gasteiger partial charge in [0.25, 0.3) is 0 Å². The summed E-state index contributed by atoms with van der Waals surface area (Å²) in [5, 5.41) is 0. The van der Waals surface area contributed by atoms with Crippen LogP contribution in [0.25, 0.3) is 0 Å². The first kappa shape index (κ1) is 57.0. The molecule has 0 bridgehead atoms. The number of ether oxygens (including phenoxy) is 13. The van der Waals surface area contributed by atoms with Gasteiger partial charge in [0.05, 0.1) is 159 Å². The molecule has 13 heteroatoms. The Morgan fingerprint density at radius 3 is 0.603 bits per heavy atom. The highest BCUT2D eigenvalue weighted by atomic mass is 16.6. The van der Waals surface area contributed by atoms with Crippen LogP contribution in [-0.4, -0.2) is 172 Å². The average Bonchev–Trinajstić information content (AvgIpc) is 3.23. The van der Waals surface area contributed by atoms with E-state index in [0.717, 1.165) is 13.0 Å². The Balaban J connectivity index is 3.06. The molecule has 0 heterocycles. The Bertz CT molecular complexity index is 759. The lowest BCUT2D eigenvalue weighted by Gasteiger charge is -2.09. The van der Waals surface area contributed by atoms with Gasteiger partial charge in [-0.05, 0) is 6.42 Å². The normalized spacial score (nSPS) is 11.5. The summed E-state index contributed by atoms with van der Waals surface area (Å²) in [6.45, 7) is 16.1. The van der Waals surface area contributed by atoms with Crippen LogP contribution in [0.5, 0.6) is 0 Å². The van der Waals surface area contributed by atoms with Crippen LogP contribution in [0.15, 0.2) is 0 Å². The molecule has 0 saturated carbocycles. The molecule has 0 spiro atoms. The molecule has 58 heavy (non-hydrogen) atoms. The third-order valence-electron chi connectivity index (χ3n) is 8.79. The SMILES string of the molecule is C#CCOCCOCCOCCOCCOCCOCCOCCOCCOCCOCCOCCOCCOCCCCCCCCCCCCCCCCCC. The summed E-state index contributed by atoms with van der Waals surface area (Å²) < 4.78 is 71.2. The van der Waals surface area contributed by atoms with Crippen molar-refractivity contribution in [1.29, 1.82) is 0 Å². The van der Waals surface area contributed by atoms with E-state index in [9.17, 15) is 0 Å². The minimum Gasteiger partial charge on any atom is -0.379 e. The number of hydrogen-bond acceptors (Lipinski definition) is 13. The Morgan fingerprint density at radius 1 is 0.224 bits per heavy atom. The van der Waals surface area contributed by atoms with Crippen molar-refractivity contribution in [3.8, 4) is 12.3 Å². The smallest absolute Gasteiger partial charge is 0.107 e. The molecule has 0 rings (SSSR count). The third-order valence-corrected chi connectivity index (χ3v) is 8.79. The van der Waals surface area contributed by atoms with Gasteiger partial charge in [0.1, 0.15) is 6.61 Å². The summed E-state index contributed by atoms with van der Waals surface area (Å²) in [6, 6.07) is 0. The third kappa shape index (κ3) is 55.0. The van der Waals surface area contributed by atoms with E-state index in [2.05, 4.69) is 12.8 Å². The minimum absolute atomic E-state index is 0.308. The quantitative estimate of drug-likeness (QED) is 0.0459. The van der Waals surface area contributed by atoms with Crippen LogP contribution in [0.3, 0.4) is 0 Å². The van der Waals surface area contributed by atoms with Crippen LogP contribution in [0, 0.1) is 12.3 Å². The molecule has 0 aliphatic heterocycles. The second kappa shape index (κ2) is 56.0. The fraction of sp³-hybridized carbons (Fsp3) is 0.956. The highest BCUT2D eigenvalue weighted by Gasteiger charge is 1.98. The van der Waals surface area contributed by atoms with E-state index in [0.29, 0.717) is 165 Å². The molecule has 13 nitrogen and oxygen atoms in total. The summed E-state index contributed by atoms with van der Waals surface area (Å²) in [6.07, 6.45) is 27.3. The molecular weight excluding hydrogens is 748 g/mol. The zero-order valence-electron chi connectivity index (χ0n) is 37.1. The van der Waals surface area contributed by atoms with Gasteiger partial charge in [-0.2, -0.15) is 0 Å². The number of unbranched alkanes of at least 4 members (excludes halogenated alkanes) is 15. The van der Waals surface area contributed by atoms with Crippen molar-refractivity contribution in [2.45, 2.75) is 110 Å². The van der Waals surface area contributed by atoms with Crippen molar-refractivity contribution < 1.29 is 61.6 Å². The van der Waals surface area contributed by atoms with E-state index >= 15 is 0 Å². The molecule has 346 valence electrons. The first-order chi connectivity index (χ1) is 28.9. The zero-order chi connectivity index (χ0) is 41.6. The van der Waals surface area contributed by atoms with Crippen molar-refractivity contribution in [1.82, 2.24) is 0 Å². The molecule has 0 fully saturated rings. The Hall–Kier alpha value is -0.960. The summed E-state index contributed by atoms with van der Waals surface area (Å²) in [7, 11) is 0. The van der Waals surface area contributed by atoms with Gasteiger partial charge in [-0.15, -0.1) is 6.42 Å². The van der Waals surface area contributed by atoms with Crippen molar-refractivity contribution in [3.63, 3.8) is 0 Å². The Labute approximate surface area is 354 Å². The molecule has 0 atom stereocenters. The van der Waals surface area contributed by atoms with Gasteiger partial charge in [0, 0.05) is 6.61 Å². The molecule has 0 amide bonds. The second-order valence-electron chi connectivity index (χ2n) is 13.9. The van der Waals surface area contributed by atoms with Crippen LogP contribution in [-0.2, 0) is 61.6 Å². The van der Waals surface area contributed by atoms with Crippen LogP contribution in [0.1, 0.15) is 110 Å². The Morgan fingerprint density at radius 2 is 0.397 bits per heavy atom. The lowest BCUT2D eigenvalue weighted by molar-refractivity contribution is -0.0289. The molecular formula is C45H88O13. The van der Waals surface area contributed by atoms with E-state index in [1.165, 1.54) is 96.3 Å². The van der Waals surface area contributed by atoms with Crippen LogP contribution in [0.4, 0.5) is 0 Å². The molecule has 0 unspecified atom stereocenters. The first-order valence-electron chi connectivity index (χ1n) is 22.9. The van der Waals surface area contributed by atoms with Crippen LogP contribution >= 0.6 is 0 Å². The molecule has 0 aliphatic rings. The predicted molar refractivity (Wildman–Crippen MR) is 229 cm³/mol. The second-order valence-corrected chi connectivity index (χ2v) is 13.9. The summed E-state index contributed by atoms with van der Waals surface area (Å²) in [4.78, 5) is 0. The predicted octanol–water partition coefficient (Wildman–Crippen LogP) is 7.10. The van der Waals surface area contributed by atoms with Gasteiger partial charge < -0.3 is 61.6 Å². The molecule has 0 aromatic carbocycles. The lowest BCUT2D eigenvalue weighted by atomic mass is 10.0. The minimum atomic E-state index is 0.308. The van der Waals surface area contributed by atoms with Crippen molar-refractivity contribution in [2.24, 2.45) is 0 Å². The molecule has 0 aromatic heterocycles. The standard InChI is InChI=1S/C45H88O13/c1-3-5-6-7-8-9-10-11-12-13-14-15-16-17-18-19-21-47-23-25-49-27-29-51-31-33-53-35-37-55-39-41-57-43-45-58-44-42-56-40-38-54-36-34-52-32-30-50-28-26-48-24-22-46-20-4-2/h2H,3,5-45H2,1H3. The summed E-state index contributed by atoms with van der Waals surface area (Å²) in [5.41, 5.74) is 0. The fourth-order valence-electron chi connectivity index (χ4n) is 5.52. The maximum absolute atomic E-state index is 5.70. The van der Waals surface area contributed by atoms with Gasteiger partial charge >= 0.3 is 0 Å². The monoisotopic (exact) mass is 837 g/mol. The number of rotatable bonds is 54. The van der Waals surface area contributed by atoms with Crippen molar-refractivity contribution in [3.05, 3.63) is 0 Å². The summed E-state index contributed by atoms with van der Waals surface area (Å²) in [5.74, 6) is 2.40. The number of terminal acetylenes is 1. The van der Waals surface area contributed by atoms with E-state index in [1.807, 2.05) is 0 Å². The van der Waals surface area contributed by atoms with E-state index < -0.39 is 0 Å². The zero-order valence-corrected chi connectivity index (χ0v) is 37.1. The summed E-state index contributed by atoms with van der Waals surface area (Å²) >= 11 is 0. The highest BCUT2D eigenvalue weighted by Crippen LogP contribution is 2.13. The first-order valence-corrected chi connectivity index (χ1v) is 22.9. The largest absolute Gasteiger partial charge is 0.379 e. The van der Waals surface area contributed by atoms with Gasteiger partial charge in [-0.25, -0.2) is 0 Å². The number of hydrogen-bond donors (Lipinski definition) is 0. The van der Waals surface area contributed by atoms with Crippen LogP contribution in [0.2, 0.25) is 0 Å². The van der Waals surface area contributed by atoms with Gasteiger partial charge in [-0.1, -0.05) is 109 Å².